The summed E-state index contributed by atoms with van der Waals surface area (Å²) in [6.45, 7) is 0.109. The Morgan fingerprint density at radius 3 is 2.75 bits per heavy atom. The zero-order valence-electron chi connectivity index (χ0n) is 10.6. The van der Waals surface area contributed by atoms with E-state index in [2.05, 4.69) is 4.98 Å². The van der Waals surface area contributed by atoms with Crippen molar-refractivity contribution in [2.45, 2.75) is 6.61 Å². The second-order valence-corrected chi connectivity index (χ2v) is 3.87. The Labute approximate surface area is 113 Å². The SMILES string of the molecule is COc1ccc(COc2ccc(F)nc2)cc1[N+](=O)[O-]. The van der Waals surface area contributed by atoms with Crippen LogP contribution in [0.4, 0.5) is 10.1 Å². The summed E-state index contributed by atoms with van der Waals surface area (Å²) in [6, 6.07) is 7.13. The smallest absolute Gasteiger partial charge is 0.311 e. The lowest BCUT2D eigenvalue weighted by Gasteiger charge is -2.07. The molecule has 20 heavy (non-hydrogen) atoms. The number of hydrogen-bond acceptors (Lipinski definition) is 5. The van der Waals surface area contributed by atoms with E-state index < -0.39 is 10.9 Å². The van der Waals surface area contributed by atoms with E-state index in [1.807, 2.05) is 0 Å². The van der Waals surface area contributed by atoms with Crippen LogP contribution < -0.4 is 9.47 Å². The van der Waals surface area contributed by atoms with Crippen molar-refractivity contribution in [2.75, 3.05) is 7.11 Å². The Balaban J connectivity index is 2.11. The van der Waals surface area contributed by atoms with Crippen molar-refractivity contribution in [3.8, 4) is 11.5 Å². The molecule has 1 aromatic heterocycles. The average Bonchev–Trinajstić information content (AvgIpc) is 2.46. The number of ether oxygens (including phenoxy) is 2. The summed E-state index contributed by atoms with van der Waals surface area (Å²) in [5, 5.41) is 10.9. The molecule has 1 aromatic carbocycles. The first-order valence-electron chi connectivity index (χ1n) is 5.66. The number of nitro groups is 1. The van der Waals surface area contributed by atoms with Gasteiger partial charge in [0.15, 0.2) is 5.75 Å². The van der Waals surface area contributed by atoms with Gasteiger partial charge in [-0.1, -0.05) is 6.07 Å². The van der Waals surface area contributed by atoms with Gasteiger partial charge in [-0.15, -0.1) is 0 Å². The molecule has 0 amide bonds. The lowest BCUT2D eigenvalue weighted by atomic mass is 10.2. The number of halogens is 1. The fourth-order valence-electron chi connectivity index (χ4n) is 1.58. The molecule has 0 aliphatic heterocycles. The summed E-state index contributed by atoms with van der Waals surface area (Å²) >= 11 is 0. The summed E-state index contributed by atoms with van der Waals surface area (Å²) in [5.74, 6) is -0.0375. The normalized spacial score (nSPS) is 10.1. The molecule has 0 N–H and O–H groups in total. The molecule has 0 aliphatic rings. The molecule has 0 bridgehead atoms. The molecule has 0 atom stereocenters. The summed E-state index contributed by atoms with van der Waals surface area (Å²) in [5.41, 5.74) is 0.465. The third-order valence-electron chi connectivity index (χ3n) is 2.55. The minimum Gasteiger partial charge on any atom is -0.490 e. The first kappa shape index (κ1) is 13.7. The number of benzene rings is 1. The molecule has 0 unspecified atom stereocenters. The van der Waals surface area contributed by atoms with E-state index in [-0.39, 0.29) is 18.0 Å². The van der Waals surface area contributed by atoms with Crippen molar-refractivity contribution < 1.29 is 18.8 Å². The van der Waals surface area contributed by atoms with Gasteiger partial charge in [0.05, 0.1) is 18.2 Å². The third kappa shape index (κ3) is 3.19. The van der Waals surface area contributed by atoms with Gasteiger partial charge in [-0.25, -0.2) is 4.98 Å². The van der Waals surface area contributed by atoms with Crippen LogP contribution in [-0.4, -0.2) is 17.0 Å². The average molecular weight is 278 g/mol. The highest BCUT2D eigenvalue weighted by molar-refractivity contribution is 5.48. The molecule has 2 rings (SSSR count). The second-order valence-electron chi connectivity index (χ2n) is 3.87. The zero-order valence-corrected chi connectivity index (χ0v) is 10.6. The molecule has 0 saturated carbocycles. The quantitative estimate of drug-likeness (QED) is 0.477. The van der Waals surface area contributed by atoms with Crippen molar-refractivity contribution in [1.29, 1.82) is 0 Å². The minimum absolute atomic E-state index is 0.109. The van der Waals surface area contributed by atoms with E-state index in [9.17, 15) is 14.5 Å². The Hall–Kier alpha value is -2.70. The highest BCUT2D eigenvalue weighted by Gasteiger charge is 2.15. The number of aromatic nitrogens is 1. The molecule has 0 spiro atoms. The summed E-state index contributed by atoms with van der Waals surface area (Å²) < 4.78 is 22.9. The van der Waals surface area contributed by atoms with Crippen molar-refractivity contribution >= 4 is 5.69 Å². The van der Waals surface area contributed by atoms with Crippen molar-refractivity contribution in [3.05, 3.63) is 58.2 Å². The summed E-state index contributed by atoms with van der Waals surface area (Å²) in [7, 11) is 1.36. The first-order chi connectivity index (χ1) is 9.60. The Kier molecular flexibility index (Phi) is 4.09. The molecular formula is C13H11FN2O4. The molecule has 104 valence electrons. The van der Waals surface area contributed by atoms with E-state index in [1.165, 1.54) is 37.6 Å². The van der Waals surface area contributed by atoms with Crippen molar-refractivity contribution in [2.24, 2.45) is 0 Å². The molecule has 2 aromatic rings. The summed E-state index contributed by atoms with van der Waals surface area (Å²) in [6.07, 6.45) is 1.24. The third-order valence-corrected chi connectivity index (χ3v) is 2.55. The van der Waals surface area contributed by atoms with E-state index in [0.717, 1.165) is 0 Å². The number of methoxy groups -OCH3 is 1. The molecule has 6 nitrogen and oxygen atoms in total. The van der Waals surface area contributed by atoms with Crippen molar-refractivity contribution in [1.82, 2.24) is 4.98 Å². The topological polar surface area (TPSA) is 74.5 Å². The lowest BCUT2D eigenvalue weighted by Crippen LogP contribution is -1.99. The molecule has 0 radical (unpaired) electrons. The maximum atomic E-state index is 12.6. The van der Waals surface area contributed by atoms with Gasteiger partial charge >= 0.3 is 5.69 Å². The Bertz CT molecular complexity index is 616. The van der Waals surface area contributed by atoms with Gasteiger partial charge in [0.2, 0.25) is 5.95 Å². The van der Waals surface area contributed by atoms with E-state index in [1.54, 1.807) is 6.07 Å². The van der Waals surface area contributed by atoms with Crippen LogP contribution in [-0.2, 0) is 6.61 Å². The zero-order chi connectivity index (χ0) is 14.5. The van der Waals surface area contributed by atoms with Crippen LogP contribution in [0, 0.1) is 16.1 Å². The number of nitro benzene ring substituents is 1. The molecular weight excluding hydrogens is 267 g/mol. The van der Waals surface area contributed by atoms with Gasteiger partial charge in [0, 0.05) is 6.07 Å². The second kappa shape index (κ2) is 5.96. The van der Waals surface area contributed by atoms with Crippen LogP contribution in [0.2, 0.25) is 0 Å². The standard InChI is InChI=1S/C13H11FN2O4/c1-19-12-4-2-9(6-11(12)16(17)18)8-20-10-3-5-13(14)15-7-10/h2-7H,8H2,1H3. The highest BCUT2D eigenvalue weighted by Crippen LogP contribution is 2.27. The highest BCUT2D eigenvalue weighted by atomic mass is 19.1. The van der Waals surface area contributed by atoms with Gasteiger partial charge in [-0.2, -0.15) is 4.39 Å². The fourth-order valence-corrected chi connectivity index (χ4v) is 1.58. The monoisotopic (exact) mass is 278 g/mol. The van der Waals surface area contributed by atoms with Crippen LogP contribution in [0.3, 0.4) is 0 Å². The molecule has 0 fully saturated rings. The Morgan fingerprint density at radius 1 is 1.35 bits per heavy atom. The number of rotatable bonds is 5. The maximum Gasteiger partial charge on any atom is 0.311 e. The lowest BCUT2D eigenvalue weighted by molar-refractivity contribution is -0.385. The van der Waals surface area contributed by atoms with Crippen LogP contribution >= 0.6 is 0 Å². The minimum atomic E-state index is -0.600. The predicted molar refractivity (Wildman–Crippen MR) is 68.2 cm³/mol. The van der Waals surface area contributed by atoms with Gasteiger partial charge in [-0.05, 0) is 23.8 Å². The van der Waals surface area contributed by atoms with Gasteiger partial charge in [0.1, 0.15) is 12.4 Å². The van der Waals surface area contributed by atoms with Gasteiger partial charge in [-0.3, -0.25) is 10.1 Å². The number of hydrogen-bond donors (Lipinski definition) is 0. The number of pyridine rings is 1. The van der Waals surface area contributed by atoms with Crippen LogP contribution in [0.25, 0.3) is 0 Å². The van der Waals surface area contributed by atoms with Crippen LogP contribution in [0.5, 0.6) is 11.5 Å². The van der Waals surface area contributed by atoms with E-state index in [4.69, 9.17) is 9.47 Å². The molecule has 1 heterocycles. The largest absolute Gasteiger partial charge is 0.490 e. The number of nitrogens with zero attached hydrogens (tertiary/aromatic N) is 2. The van der Waals surface area contributed by atoms with Crippen LogP contribution in [0.15, 0.2) is 36.5 Å². The van der Waals surface area contributed by atoms with Crippen LogP contribution in [0.1, 0.15) is 5.56 Å². The molecule has 7 heteroatoms. The maximum absolute atomic E-state index is 12.6. The fraction of sp³-hybridized carbons (Fsp3) is 0.154. The van der Waals surface area contributed by atoms with Gasteiger partial charge < -0.3 is 9.47 Å². The van der Waals surface area contributed by atoms with Gasteiger partial charge in [0.25, 0.3) is 0 Å². The first-order valence-corrected chi connectivity index (χ1v) is 5.66. The molecule has 0 aliphatic carbocycles. The predicted octanol–water partition coefficient (Wildman–Crippen LogP) is 2.72. The summed E-state index contributed by atoms with van der Waals surface area (Å²) in [4.78, 5) is 13.8. The van der Waals surface area contributed by atoms with E-state index in [0.29, 0.717) is 11.3 Å². The van der Waals surface area contributed by atoms with Crippen molar-refractivity contribution in [3.63, 3.8) is 0 Å². The molecule has 0 saturated heterocycles. The Morgan fingerprint density at radius 2 is 2.15 bits per heavy atom. The van der Waals surface area contributed by atoms with E-state index >= 15 is 0 Å².